The molecule has 0 saturated heterocycles. The van der Waals surface area contributed by atoms with Gasteiger partial charge in [-0.15, -0.1) is 0 Å². The summed E-state index contributed by atoms with van der Waals surface area (Å²) in [6, 6.07) is 10.1. The monoisotopic (exact) mass is 240 g/mol. The molecule has 4 nitrogen and oxygen atoms in total. The summed E-state index contributed by atoms with van der Waals surface area (Å²) in [5.41, 5.74) is 3.42. The molecule has 92 valence electrons. The maximum atomic E-state index is 4.69. The number of fused-ring (bicyclic) bond motifs is 1. The number of nitrogens with one attached hydrogen (secondary N) is 1. The Morgan fingerprint density at radius 2 is 1.89 bits per heavy atom. The second-order valence-corrected chi connectivity index (χ2v) is 4.61. The summed E-state index contributed by atoms with van der Waals surface area (Å²) in [6.07, 6.45) is 0. The van der Waals surface area contributed by atoms with Crippen molar-refractivity contribution in [1.29, 1.82) is 0 Å². The Bertz CT molecular complexity index is 566. The summed E-state index contributed by atoms with van der Waals surface area (Å²) in [5, 5.41) is 3.18. The average molecular weight is 240 g/mol. The van der Waals surface area contributed by atoms with Crippen LogP contribution in [0.1, 0.15) is 11.3 Å². The lowest BCUT2D eigenvalue weighted by atomic mass is 10.2. The fourth-order valence-corrected chi connectivity index (χ4v) is 2.33. The molecule has 0 aliphatic carbocycles. The van der Waals surface area contributed by atoms with E-state index in [4.69, 9.17) is 0 Å². The minimum absolute atomic E-state index is 0.800. The van der Waals surface area contributed by atoms with Gasteiger partial charge in [-0.1, -0.05) is 30.3 Å². The fraction of sp³-hybridized carbons (Fsp3) is 0.286. The van der Waals surface area contributed by atoms with Crippen molar-refractivity contribution in [3.05, 3.63) is 41.6 Å². The van der Waals surface area contributed by atoms with E-state index in [2.05, 4.69) is 27.2 Å². The molecular formula is C14H16N4. The molecule has 18 heavy (non-hydrogen) atoms. The first-order chi connectivity index (χ1) is 8.78. The molecule has 1 aliphatic rings. The molecule has 0 bridgehead atoms. The summed E-state index contributed by atoms with van der Waals surface area (Å²) in [5.74, 6) is 1.75. The zero-order valence-corrected chi connectivity index (χ0v) is 10.6. The lowest BCUT2D eigenvalue weighted by Crippen LogP contribution is -2.08. The molecule has 1 N–H and O–H groups in total. The van der Waals surface area contributed by atoms with Crippen LogP contribution in [0.5, 0.6) is 0 Å². The van der Waals surface area contributed by atoms with Gasteiger partial charge in [0.25, 0.3) is 0 Å². The van der Waals surface area contributed by atoms with Crippen LogP contribution in [0.3, 0.4) is 0 Å². The van der Waals surface area contributed by atoms with Crippen LogP contribution in [-0.4, -0.2) is 29.0 Å². The SMILES string of the molecule is CNc1nc(-c2ccccc2)nc2c1CN(C)C2. The Labute approximate surface area is 107 Å². The van der Waals surface area contributed by atoms with Gasteiger partial charge in [-0.05, 0) is 7.05 Å². The maximum Gasteiger partial charge on any atom is 0.161 e. The molecule has 0 saturated carbocycles. The van der Waals surface area contributed by atoms with Crippen LogP contribution in [0, 0.1) is 0 Å². The highest BCUT2D eigenvalue weighted by atomic mass is 15.2. The number of aromatic nitrogens is 2. The van der Waals surface area contributed by atoms with Gasteiger partial charge in [0, 0.05) is 31.3 Å². The normalized spacial score (nSPS) is 14.6. The third-order valence-electron chi connectivity index (χ3n) is 3.21. The molecule has 3 rings (SSSR count). The summed E-state index contributed by atoms with van der Waals surface area (Å²) >= 11 is 0. The van der Waals surface area contributed by atoms with Crippen LogP contribution < -0.4 is 5.32 Å². The van der Waals surface area contributed by atoms with Crippen LogP contribution in [-0.2, 0) is 13.1 Å². The first kappa shape index (κ1) is 11.2. The van der Waals surface area contributed by atoms with Crippen LogP contribution in [0.15, 0.2) is 30.3 Å². The van der Waals surface area contributed by atoms with E-state index in [1.165, 1.54) is 5.56 Å². The molecule has 0 fully saturated rings. The number of anilines is 1. The van der Waals surface area contributed by atoms with E-state index in [1.54, 1.807) is 0 Å². The van der Waals surface area contributed by atoms with Crippen LogP contribution in [0.4, 0.5) is 5.82 Å². The Morgan fingerprint density at radius 1 is 1.11 bits per heavy atom. The summed E-state index contributed by atoms with van der Waals surface area (Å²) < 4.78 is 0. The van der Waals surface area contributed by atoms with Gasteiger partial charge in [-0.25, -0.2) is 9.97 Å². The average Bonchev–Trinajstić information content (AvgIpc) is 2.78. The minimum Gasteiger partial charge on any atom is -0.373 e. The van der Waals surface area contributed by atoms with Crippen LogP contribution in [0.25, 0.3) is 11.4 Å². The Morgan fingerprint density at radius 3 is 2.61 bits per heavy atom. The summed E-state index contributed by atoms with van der Waals surface area (Å²) in [4.78, 5) is 11.6. The van der Waals surface area contributed by atoms with Gasteiger partial charge < -0.3 is 5.32 Å². The molecule has 4 heteroatoms. The number of nitrogens with zero attached hydrogens (tertiary/aromatic N) is 3. The molecule has 2 aromatic rings. The highest BCUT2D eigenvalue weighted by Crippen LogP contribution is 2.28. The molecule has 1 aliphatic heterocycles. The first-order valence-corrected chi connectivity index (χ1v) is 6.09. The van der Waals surface area contributed by atoms with Gasteiger partial charge in [0.05, 0.1) is 5.69 Å². The topological polar surface area (TPSA) is 41.1 Å². The van der Waals surface area contributed by atoms with Crippen molar-refractivity contribution in [2.75, 3.05) is 19.4 Å². The highest BCUT2D eigenvalue weighted by Gasteiger charge is 2.22. The van der Waals surface area contributed by atoms with Crippen LogP contribution >= 0.6 is 0 Å². The molecule has 1 aromatic carbocycles. The number of hydrogen-bond acceptors (Lipinski definition) is 4. The maximum absolute atomic E-state index is 4.69. The molecule has 0 spiro atoms. The van der Waals surface area contributed by atoms with Crippen molar-refractivity contribution < 1.29 is 0 Å². The van der Waals surface area contributed by atoms with Gasteiger partial charge >= 0.3 is 0 Å². The van der Waals surface area contributed by atoms with E-state index < -0.39 is 0 Å². The van der Waals surface area contributed by atoms with E-state index in [9.17, 15) is 0 Å². The third-order valence-corrected chi connectivity index (χ3v) is 3.21. The van der Waals surface area contributed by atoms with Crippen molar-refractivity contribution >= 4 is 5.82 Å². The number of rotatable bonds is 2. The smallest absolute Gasteiger partial charge is 0.161 e. The Balaban J connectivity index is 2.11. The second kappa shape index (κ2) is 4.38. The summed E-state index contributed by atoms with van der Waals surface area (Å²) in [7, 11) is 4.01. The quantitative estimate of drug-likeness (QED) is 0.873. The van der Waals surface area contributed by atoms with E-state index in [0.29, 0.717) is 0 Å². The Kier molecular flexibility index (Phi) is 2.72. The van der Waals surface area contributed by atoms with Crippen molar-refractivity contribution in [2.24, 2.45) is 0 Å². The zero-order chi connectivity index (χ0) is 12.5. The van der Waals surface area contributed by atoms with Crippen LogP contribution in [0.2, 0.25) is 0 Å². The van der Waals surface area contributed by atoms with Gasteiger partial charge in [-0.3, -0.25) is 4.90 Å². The lowest BCUT2D eigenvalue weighted by molar-refractivity contribution is 0.351. The number of hydrogen-bond donors (Lipinski definition) is 1. The molecule has 1 aromatic heterocycles. The highest BCUT2D eigenvalue weighted by molar-refractivity contribution is 5.60. The van der Waals surface area contributed by atoms with Gasteiger partial charge in [-0.2, -0.15) is 0 Å². The standard InChI is InChI=1S/C14H16N4/c1-15-14-11-8-18(2)9-12(11)16-13(17-14)10-6-4-3-5-7-10/h3-7H,8-9H2,1-2H3,(H,15,16,17). The lowest BCUT2D eigenvalue weighted by Gasteiger charge is -2.08. The largest absolute Gasteiger partial charge is 0.373 e. The van der Waals surface area contributed by atoms with Gasteiger partial charge in [0.2, 0.25) is 0 Å². The van der Waals surface area contributed by atoms with Gasteiger partial charge in [0.15, 0.2) is 5.82 Å². The number of benzene rings is 1. The summed E-state index contributed by atoms with van der Waals surface area (Å²) in [6.45, 7) is 1.81. The molecular weight excluding hydrogens is 224 g/mol. The first-order valence-electron chi connectivity index (χ1n) is 6.09. The van der Waals surface area contributed by atoms with Crippen molar-refractivity contribution in [1.82, 2.24) is 14.9 Å². The predicted octanol–water partition coefficient (Wildman–Crippen LogP) is 2.13. The third kappa shape index (κ3) is 1.84. The van der Waals surface area contributed by atoms with E-state index >= 15 is 0 Å². The van der Waals surface area contributed by atoms with Gasteiger partial charge in [0.1, 0.15) is 5.82 Å². The van der Waals surface area contributed by atoms with E-state index in [1.807, 2.05) is 37.4 Å². The van der Waals surface area contributed by atoms with E-state index in [-0.39, 0.29) is 0 Å². The predicted molar refractivity (Wildman–Crippen MR) is 72.2 cm³/mol. The van der Waals surface area contributed by atoms with E-state index in [0.717, 1.165) is 36.0 Å². The van der Waals surface area contributed by atoms with Crippen molar-refractivity contribution in [2.45, 2.75) is 13.1 Å². The molecule has 0 atom stereocenters. The molecule has 0 radical (unpaired) electrons. The Hall–Kier alpha value is -1.94. The minimum atomic E-state index is 0.800. The second-order valence-electron chi connectivity index (χ2n) is 4.61. The van der Waals surface area contributed by atoms with Crippen molar-refractivity contribution in [3.8, 4) is 11.4 Å². The molecule has 2 heterocycles. The van der Waals surface area contributed by atoms with Crippen molar-refractivity contribution in [3.63, 3.8) is 0 Å². The molecule has 0 unspecified atom stereocenters. The fourth-order valence-electron chi connectivity index (χ4n) is 2.33. The molecule has 0 amide bonds. The zero-order valence-electron chi connectivity index (χ0n) is 10.6.